The number of aromatic nitrogens is 1. The first-order valence-corrected chi connectivity index (χ1v) is 20.0. The topological polar surface area (TPSA) is 32.5 Å². The van der Waals surface area contributed by atoms with Gasteiger partial charge in [-0.05, 0) is 130 Å². The number of hydrogen-bond donors (Lipinski definition) is 0. The van der Waals surface area contributed by atoms with Crippen molar-refractivity contribution < 1.29 is 4.42 Å². The third kappa shape index (κ3) is 5.88. The lowest BCUT2D eigenvalue weighted by Crippen LogP contribution is -2.10. The van der Waals surface area contributed by atoms with Crippen molar-refractivity contribution in [2.75, 3.05) is 16.8 Å². The molecule has 0 aliphatic carbocycles. The highest BCUT2D eigenvalue weighted by atomic mass is 32.1. The van der Waals surface area contributed by atoms with E-state index in [4.69, 9.17) is 9.40 Å². The minimum atomic E-state index is 0.615. The Bertz CT molecular complexity index is 3240. The van der Waals surface area contributed by atoms with Gasteiger partial charge in [0, 0.05) is 61.2 Å². The van der Waals surface area contributed by atoms with Gasteiger partial charge in [-0.15, -0.1) is 11.3 Å². The summed E-state index contributed by atoms with van der Waals surface area (Å²) < 4.78 is 8.76. The molecule has 11 rings (SSSR count). The number of fused-ring (bicyclic) bond motifs is 7. The van der Waals surface area contributed by atoms with Gasteiger partial charge in [-0.25, -0.2) is 4.98 Å². The maximum absolute atomic E-state index is 6.11. The molecule has 0 unspecified atom stereocenters. The second kappa shape index (κ2) is 13.5. The van der Waals surface area contributed by atoms with Crippen molar-refractivity contribution >= 4 is 92.6 Å². The van der Waals surface area contributed by atoms with Crippen LogP contribution in [0.3, 0.4) is 0 Å². The van der Waals surface area contributed by atoms with Crippen molar-refractivity contribution in [1.29, 1.82) is 0 Å². The van der Waals surface area contributed by atoms with Crippen LogP contribution in [-0.2, 0) is 0 Å². The van der Waals surface area contributed by atoms with Crippen molar-refractivity contribution in [2.45, 2.75) is 0 Å². The lowest BCUT2D eigenvalue weighted by molar-refractivity contribution is 0.620. The normalized spacial score (nSPS) is 11.6. The second-order valence-corrected chi connectivity index (χ2v) is 15.6. The molecule has 0 N–H and O–H groups in total. The van der Waals surface area contributed by atoms with Crippen LogP contribution in [0.1, 0.15) is 0 Å². The Labute approximate surface area is 334 Å². The summed E-state index contributed by atoms with van der Waals surface area (Å²) in [4.78, 5) is 9.36. The lowest BCUT2D eigenvalue weighted by Gasteiger charge is -2.26. The number of rotatable bonds is 7. The quantitative estimate of drug-likeness (QED) is 0.152. The van der Waals surface area contributed by atoms with Crippen LogP contribution < -0.4 is 9.80 Å². The third-order valence-corrected chi connectivity index (χ3v) is 12.2. The van der Waals surface area contributed by atoms with E-state index in [1.807, 2.05) is 35.6 Å². The van der Waals surface area contributed by atoms with Gasteiger partial charge < -0.3 is 14.2 Å². The van der Waals surface area contributed by atoms with Crippen molar-refractivity contribution in [2.24, 2.45) is 0 Å². The van der Waals surface area contributed by atoms with Gasteiger partial charge in [-0.1, -0.05) is 97.1 Å². The summed E-state index contributed by atoms with van der Waals surface area (Å²) in [5.74, 6) is 0.615. The average molecular weight is 750 g/mol. The number of oxazole rings is 1. The van der Waals surface area contributed by atoms with Crippen LogP contribution in [0.25, 0.3) is 75.4 Å². The first-order chi connectivity index (χ1) is 28.1. The largest absolute Gasteiger partial charge is 0.436 e. The zero-order chi connectivity index (χ0) is 37.9. The van der Waals surface area contributed by atoms with E-state index in [-0.39, 0.29) is 0 Å². The Hall–Kier alpha value is -7.21. The predicted molar refractivity (Wildman–Crippen MR) is 242 cm³/mol. The molecule has 9 aromatic carbocycles. The first-order valence-electron chi connectivity index (χ1n) is 19.2. The fourth-order valence-corrected chi connectivity index (χ4v) is 9.20. The maximum atomic E-state index is 6.11. The van der Waals surface area contributed by atoms with Crippen molar-refractivity contribution in [3.63, 3.8) is 0 Å². The molecule has 0 bridgehead atoms. The minimum absolute atomic E-state index is 0.615. The predicted octanol–water partition coefficient (Wildman–Crippen LogP) is 15.1. The molecule has 0 saturated carbocycles. The molecule has 0 spiro atoms. The Morgan fingerprint density at radius 3 is 1.88 bits per heavy atom. The van der Waals surface area contributed by atoms with Crippen LogP contribution in [0.4, 0.5) is 28.4 Å². The minimum Gasteiger partial charge on any atom is -0.436 e. The molecule has 0 fully saturated rings. The van der Waals surface area contributed by atoms with Gasteiger partial charge >= 0.3 is 0 Å². The molecule has 4 nitrogen and oxygen atoms in total. The summed E-state index contributed by atoms with van der Waals surface area (Å²) in [6.45, 7) is 0. The zero-order valence-electron chi connectivity index (χ0n) is 31.1. The lowest BCUT2D eigenvalue weighted by atomic mass is 9.99. The molecule has 0 radical (unpaired) electrons. The molecule has 2 heterocycles. The van der Waals surface area contributed by atoms with Crippen LogP contribution in [0.15, 0.2) is 199 Å². The monoisotopic (exact) mass is 749 g/mol. The van der Waals surface area contributed by atoms with Crippen LogP contribution >= 0.6 is 11.3 Å². The Balaban J connectivity index is 0.969. The van der Waals surface area contributed by atoms with E-state index < -0.39 is 0 Å². The highest BCUT2D eigenvalue weighted by molar-refractivity contribution is 7.25. The summed E-state index contributed by atoms with van der Waals surface area (Å²) in [5, 5.41) is 7.47. The van der Waals surface area contributed by atoms with Crippen LogP contribution in [-0.4, -0.2) is 12.0 Å². The molecular weight excluding hydrogens is 715 g/mol. The van der Waals surface area contributed by atoms with E-state index in [0.717, 1.165) is 45.0 Å². The number of anilines is 5. The summed E-state index contributed by atoms with van der Waals surface area (Å²) in [7, 11) is 2.16. The molecule has 0 atom stereocenters. The average Bonchev–Trinajstić information content (AvgIpc) is 3.88. The van der Waals surface area contributed by atoms with E-state index >= 15 is 0 Å². The molecular formula is C52H35N3OS. The van der Waals surface area contributed by atoms with Gasteiger partial charge in [-0.2, -0.15) is 0 Å². The van der Waals surface area contributed by atoms with Crippen molar-refractivity contribution in [3.05, 3.63) is 194 Å². The first kappa shape index (κ1) is 33.2. The molecule has 5 heteroatoms. The van der Waals surface area contributed by atoms with Gasteiger partial charge in [-0.3, -0.25) is 0 Å². The van der Waals surface area contributed by atoms with E-state index in [0.29, 0.717) is 5.89 Å². The van der Waals surface area contributed by atoms with E-state index in [1.165, 1.54) is 53.0 Å². The summed E-state index contributed by atoms with van der Waals surface area (Å²) in [5.41, 5.74) is 10.4. The van der Waals surface area contributed by atoms with Crippen LogP contribution in [0.2, 0.25) is 0 Å². The van der Waals surface area contributed by atoms with Crippen LogP contribution in [0, 0.1) is 0 Å². The summed E-state index contributed by atoms with van der Waals surface area (Å²) in [6, 6.07) is 69.3. The highest BCUT2D eigenvalue weighted by Gasteiger charge is 2.17. The van der Waals surface area contributed by atoms with Crippen LogP contribution in [0.5, 0.6) is 0 Å². The van der Waals surface area contributed by atoms with E-state index in [2.05, 4.69) is 187 Å². The molecule has 0 aliphatic rings. The van der Waals surface area contributed by atoms with Gasteiger partial charge in [0.05, 0.1) is 0 Å². The maximum Gasteiger partial charge on any atom is 0.227 e. The van der Waals surface area contributed by atoms with Gasteiger partial charge in [0.15, 0.2) is 5.58 Å². The smallest absolute Gasteiger partial charge is 0.227 e. The molecule has 2 aromatic heterocycles. The number of thiophene rings is 1. The third-order valence-electron chi connectivity index (χ3n) is 11.1. The Morgan fingerprint density at radius 1 is 0.421 bits per heavy atom. The number of para-hydroxylation sites is 2. The van der Waals surface area contributed by atoms with Gasteiger partial charge in [0.2, 0.25) is 5.89 Å². The fourth-order valence-electron chi connectivity index (χ4n) is 8.12. The van der Waals surface area contributed by atoms with E-state index in [1.54, 1.807) is 0 Å². The molecule has 0 amide bonds. The Kier molecular flexibility index (Phi) is 7.86. The molecule has 57 heavy (non-hydrogen) atoms. The number of benzene rings is 9. The van der Waals surface area contributed by atoms with E-state index in [9.17, 15) is 0 Å². The SMILES string of the molecule is CN(c1ccc2c(ccc3cc(N(c4ccc(-c5nc6ccccc6o5)cc4)c4cccc(-c5ccccc5)c4)ccc32)c1)c1ccc2sc3ccccc3c2c1. The van der Waals surface area contributed by atoms with Crippen molar-refractivity contribution in [1.82, 2.24) is 4.98 Å². The fraction of sp³-hybridized carbons (Fsp3) is 0.0192. The summed E-state index contributed by atoms with van der Waals surface area (Å²) in [6.07, 6.45) is 0. The molecule has 11 aromatic rings. The highest BCUT2D eigenvalue weighted by Crippen LogP contribution is 2.41. The van der Waals surface area contributed by atoms with Gasteiger partial charge in [0.1, 0.15) is 5.52 Å². The zero-order valence-corrected chi connectivity index (χ0v) is 31.9. The standard InChI is InChI=1S/C52H35N3OS/c1-54(41-26-29-51-47(33-41)46-14-5-8-17-50(46)57-51)40-24-27-44-37(31-40)18-19-38-32-43(25-28-45(38)44)55(42-13-9-12-36(30-42)34-10-3-2-4-11-34)39-22-20-35(21-23-39)52-53-48-15-6-7-16-49(48)56-52/h2-33H,1H3. The molecule has 0 saturated heterocycles. The summed E-state index contributed by atoms with van der Waals surface area (Å²) >= 11 is 1.85. The van der Waals surface area contributed by atoms with Crippen molar-refractivity contribution in [3.8, 4) is 22.6 Å². The second-order valence-electron chi connectivity index (χ2n) is 14.5. The number of nitrogens with zero attached hydrogens (tertiary/aromatic N) is 3. The molecule has 0 aliphatic heterocycles. The molecule has 270 valence electrons. The number of hydrogen-bond acceptors (Lipinski definition) is 5. The Morgan fingerprint density at radius 2 is 1.05 bits per heavy atom. The van der Waals surface area contributed by atoms with Gasteiger partial charge in [0.25, 0.3) is 0 Å².